The molecule has 0 aromatic heterocycles. The number of halogens is 2. The van der Waals surface area contributed by atoms with E-state index in [4.69, 9.17) is 46.6 Å². The normalized spacial score (nSPS) is 20.5. The second-order valence-corrected chi connectivity index (χ2v) is 16.6. The third-order valence-electron chi connectivity index (χ3n) is 8.43. The summed E-state index contributed by atoms with van der Waals surface area (Å²) in [4.78, 5) is 13.2. The molecular weight excluding hydrogens is 611 g/mol. The first-order chi connectivity index (χ1) is 19.7. The molecule has 2 saturated heterocycles. The maximum atomic E-state index is 15.1. The summed E-state index contributed by atoms with van der Waals surface area (Å²) in [6.45, 7) is 19.2. The van der Waals surface area contributed by atoms with Gasteiger partial charge in [0.15, 0.2) is 0 Å². The Kier molecular flexibility index (Phi) is 9.54. The van der Waals surface area contributed by atoms with Crippen LogP contribution in [0.3, 0.4) is 0 Å². The minimum Gasteiger partial charge on any atom is -0.464 e. The molecule has 0 aliphatic carbocycles. The van der Waals surface area contributed by atoms with Crippen molar-refractivity contribution in [3.05, 3.63) is 46.4 Å². The first-order valence-corrected chi connectivity index (χ1v) is 16.6. The third-order valence-corrected chi connectivity index (χ3v) is 11.1. The molecule has 0 bridgehead atoms. The van der Waals surface area contributed by atoms with E-state index in [2.05, 4.69) is 4.36 Å². The maximum absolute atomic E-state index is 15.1. The summed E-state index contributed by atoms with van der Waals surface area (Å²) in [6, 6.07) is 9.92. The van der Waals surface area contributed by atoms with Crippen LogP contribution < -0.4 is 10.9 Å². The Labute approximate surface area is 266 Å². The summed E-state index contributed by atoms with van der Waals surface area (Å²) in [7, 11) is -5.04. The molecule has 0 radical (unpaired) electrons. The number of ether oxygens (including phenoxy) is 1. The summed E-state index contributed by atoms with van der Waals surface area (Å²) >= 11 is 13.2. The van der Waals surface area contributed by atoms with E-state index in [0.717, 1.165) is 0 Å². The molecule has 0 saturated carbocycles. The molecule has 2 aliphatic rings. The standard InChI is InChI=1S/C30H41B2Cl2NO7S/c1-19(2)18-38-26(36)17-35-43(37,24-13-20(11-22(33)15-24)31-39-27(3,4)28(5,6)40-31)25-14-21(12-23(34)16-25)32-41-29(7,8)30(9,10)42-32/h11-16,19H,17-18H2,1-10H3. The van der Waals surface area contributed by atoms with E-state index in [9.17, 15) is 4.79 Å². The lowest BCUT2D eigenvalue weighted by Gasteiger charge is -2.32. The van der Waals surface area contributed by atoms with Crippen LogP contribution in [0.5, 0.6) is 0 Å². The van der Waals surface area contributed by atoms with Gasteiger partial charge in [-0.25, -0.2) is 8.57 Å². The molecule has 0 N–H and O–H groups in total. The van der Waals surface area contributed by atoms with Gasteiger partial charge < -0.3 is 23.4 Å². The minimum atomic E-state index is -3.51. The van der Waals surface area contributed by atoms with E-state index in [-0.39, 0.29) is 22.3 Å². The third kappa shape index (κ3) is 7.13. The fourth-order valence-corrected chi connectivity index (χ4v) is 7.09. The molecule has 2 aromatic rings. The van der Waals surface area contributed by atoms with E-state index in [0.29, 0.717) is 21.0 Å². The fourth-order valence-electron chi connectivity index (χ4n) is 4.45. The summed E-state index contributed by atoms with van der Waals surface area (Å²) < 4.78 is 49.9. The van der Waals surface area contributed by atoms with Crippen LogP contribution >= 0.6 is 23.2 Å². The lowest BCUT2D eigenvalue weighted by molar-refractivity contribution is -0.142. The highest BCUT2D eigenvalue weighted by molar-refractivity contribution is 7.93. The summed E-state index contributed by atoms with van der Waals surface area (Å²) in [5.74, 6) is -0.457. The Balaban J connectivity index is 1.84. The lowest BCUT2D eigenvalue weighted by Crippen LogP contribution is -2.41. The van der Waals surface area contributed by atoms with Gasteiger partial charge in [0, 0.05) is 10.0 Å². The molecule has 0 amide bonds. The molecular formula is C30H41B2Cl2NO7S. The first kappa shape index (κ1) is 34.3. The number of carbonyl (C=O) groups is 1. The van der Waals surface area contributed by atoms with Gasteiger partial charge in [-0.2, -0.15) is 0 Å². The van der Waals surface area contributed by atoms with E-state index in [1.807, 2.05) is 69.2 Å². The monoisotopic (exact) mass is 651 g/mol. The van der Waals surface area contributed by atoms with Crippen LogP contribution in [0.25, 0.3) is 0 Å². The van der Waals surface area contributed by atoms with E-state index in [1.165, 1.54) is 0 Å². The molecule has 2 heterocycles. The molecule has 2 aliphatic heterocycles. The van der Waals surface area contributed by atoms with Crippen LogP contribution in [0.15, 0.2) is 50.6 Å². The highest BCUT2D eigenvalue weighted by atomic mass is 35.5. The SMILES string of the molecule is CC(C)COC(=O)CN=S(=O)(c1cc(Cl)cc(B2OC(C)(C)C(C)(C)O2)c1)c1cc(Cl)cc(B2OC(C)(C)C(C)(C)O2)c1. The van der Waals surface area contributed by atoms with Crippen molar-refractivity contribution in [2.24, 2.45) is 10.3 Å². The zero-order valence-electron chi connectivity index (χ0n) is 26.6. The molecule has 4 rings (SSSR count). The number of nitrogens with zero attached hydrogens (tertiary/aromatic N) is 1. The van der Waals surface area contributed by atoms with E-state index < -0.39 is 58.9 Å². The Bertz CT molecular complexity index is 1400. The molecule has 234 valence electrons. The quantitative estimate of drug-likeness (QED) is 0.268. The predicted molar refractivity (Wildman–Crippen MR) is 172 cm³/mol. The highest BCUT2D eigenvalue weighted by Crippen LogP contribution is 2.38. The van der Waals surface area contributed by atoms with Crippen LogP contribution in [0.1, 0.15) is 69.2 Å². The Morgan fingerprint density at radius 3 is 1.49 bits per heavy atom. The predicted octanol–water partition coefficient (Wildman–Crippen LogP) is 5.68. The molecule has 0 spiro atoms. The van der Waals surface area contributed by atoms with Crippen molar-refractivity contribution in [1.82, 2.24) is 0 Å². The zero-order valence-corrected chi connectivity index (χ0v) is 28.9. The van der Waals surface area contributed by atoms with Crippen molar-refractivity contribution < 1.29 is 32.4 Å². The van der Waals surface area contributed by atoms with E-state index in [1.54, 1.807) is 36.4 Å². The Hall–Kier alpha value is -1.59. The lowest BCUT2D eigenvalue weighted by atomic mass is 9.79. The van der Waals surface area contributed by atoms with Gasteiger partial charge in [-0.3, -0.25) is 4.79 Å². The minimum absolute atomic E-state index is 0.138. The van der Waals surface area contributed by atoms with Crippen molar-refractivity contribution in [2.45, 2.75) is 101 Å². The van der Waals surface area contributed by atoms with Gasteiger partial charge in [0.1, 0.15) is 16.3 Å². The average Bonchev–Trinajstić information content (AvgIpc) is 3.24. The van der Waals surface area contributed by atoms with Crippen LogP contribution in [0, 0.1) is 5.92 Å². The zero-order chi connectivity index (χ0) is 32.2. The molecule has 0 atom stereocenters. The van der Waals surface area contributed by atoms with Crippen LogP contribution in [-0.4, -0.2) is 60.0 Å². The van der Waals surface area contributed by atoms with Crippen LogP contribution in [-0.2, 0) is 37.9 Å². The molecule has 2 aromatic carbocycles. The molecule has 2 fully saturated rings. The fraction of sp³-hybridized carbons (Fsp3) is 0.567. The molecule has 0 unspecified atom stereocenters. The molecule has 8 nitrogen and oxygen atoms in total. The molecule has 43 heavy (non-hydrogen) atoms. The highest BCUT2D eigenvalue weighted by Gasteiger charge is 2.53. The van der Waals surface area contributed by atoms with Gasteiger partial charge >= 0.3 is 20.2 Å². The van der Waals surface area contributed by atoms with Gasteiger partial charge in [0.05, 0.1) is 38.8 Å². The van der Waals surface area contributed by atoms with Crippen LogP contribution in [0.4, 0.5) is 0 Å². The smallest absolute Gasteiger partial charge is 0.464 e. The van der Waals surface area contributed by atoms with Crippen molar-refractivity contribution in [2.75, 3.05) is 13.2 Å². The van der Waals surface area contributed by atoms with Crippen molar-refractivity contribution in [3.63, 3.8) is 0 Å². The number of benzene rings is 2. The van der Waals surface area contributed by atoms with Gasteiger partial charge in [0.25, 0.3) is 0 Å². The summed E-state index contributed by atoms with van der Waals surface area (Å²) in [5, 5.41) is 0.612. The van der Waals surface area contributed by atoms with Crippen molar-refractivity contribution in [1.29, 1.82) is 0 Å². The van der Waals surface area contributed by atoms with Gasteiger partial charge in [0.2, 0.25) is 0 Å². The molecule has 13 heteroatoms. The Morgan fingerprint density at radius 2 is 1.14 bits per heavy atom. The van der Waals surface area contributed by atoms with Crippen molar-refractivity contribution >= 4 is 64.1 Å². The van der Waals surface area contributed by atoms with E-state index >= 15 is 4.21 Å². The number of carbonyl (C=O) groups excluding carboxylic acids is 1. The average molecular weight is 652 g/mol. The van der Waals surface area contributed by atoms with Gasteiger partial charge in [-0.15, -0.1) is 0 Å². The summed E-state index contributed by atoms with van der Waals surface area (Å²) in [5.41, 5.74) is -1.26. The number of esters is 1. The number of hydrogen-bond acceptors (Lipinski definition) is 8. The van der Waals surface area contributed by atoms with Gasteiger partial charge in [-0.05, 0) is 109 Å². The van der Waals surface area contributed by atoms with Crippen molar-refractivity contribution in [3.8, 4) is 0 Å². The van der Waals surface area contributed by atoms with Crippen LogP contribution in [0.2, 0.25) is 10.0 Å². The number of hydrogen-bond donors (Lipinski definition) is 0. The first-order valence-electron chi connectivity index (χ1n) is 14.4. The topological polar surface area (TPSA) is 92.7 Å². The summed E-state index contributed by atoms with van der Waals surface area (Å²) in [6.07, 6.45) is 0. The maximum Gasteiger partial charge on any atom is 0.494 e. The second-order valence-electron chi connectivity index (χ2n) is 13.5. The number of rotatable bonds is 8. The largest absolute Gasteiger partial charge is 0.494 e. The second kappa shape index (κ2) is 12.0. The Morgan fingerprint density at radius 1 is 0.767 bits per heavy atom. The van der Waals surface area contributed by atoms with Gasteiger partial charge in [-0.1, -0.05) is 37.0 Å².